The van der Waals surface area contributed by atoms with Gasteiger partial charge in [0.1, 0.15) is 11.6 Å². The van der Waals surface area contributed by atoms with Crippen LogP contribution in [0.25, 0.3) is 0 Å². The lowest BCUT2D eigenvalue weighted by Gasteiger charge is -2.32. The number of nitrogen functional groups attached to an aromatic ring is 1. The van der Waals surface area contributed by atoms with Crippen LogP contribution in [-0.4, -0.2) is 44.4 Å². The molecule has 0 saturated carbocycles. The molecule has 2 aliphatic heterocycles. The maximum absolute atomic E-state index is 5.57. The minimum absolute atomic E-state index is 0.731. The van der Waals surface area contributed by atoms with Gasteiger partial charge >= 0.3 is 0 Å². The van der Waals surface area contributed by atoms with Crippen LogP contribution in [0, 0.1) is 0 Å². The van der Waals surface area contributed by atoms with E-state index in [1.165, 1.54) is 24.9 Å². The molecule has 1 aromatic rings. The van der Waals surface area contributed by atoms with Crippen LogP contribution >= 0.6 is 0 Å². The van der Waals surface area contributed by atoms with Crippen molar-refractivity contribution in [1.82, 2.24) is 4.98 Å². The Morgan fingerprint density at radius 3 is 2.45 bits per heavy atom. The van der Waals surface area contributed by atoms with E-state index in [1.54, 1.807) is 0 Å². The van der Waals surface area contributed by atoms with Gasteiger partial charge in [-0.05, 0) is 19.3 Å². The molecule has 0 spiro atoms. The van der Waals surface area contributed by atoms with Gasteiger partial charge < -0.3 is 20.0 Å². The maximum Gasteiger partial charge on any atom is 0.144 e. The number of hydrogen-bond donors (Lipinski definition) is 2. The van der Waals surface area contributed by atoms with E-state index in [9.17, 15) is 0 Å². The molecule has 0 aromatic carbocycles. The highest BCUT2D eigenvalue weighted by Gasteiger charge is 2.17. The first kappa shape index (κ1) is 13.5. The van der Waals surface area contributed by atoms with Crippen LogP contribution < -0.4 is 21.1 Å². The average Bonchev–Trinajstić information content (AvgIpc) is 2.56. The number of pyridine rings is 1. The second-order valence-electron chi connectivity index (χ2n) is 5.36. The van der Waals surface area contributed by atoms with Crippen molar-refractivity contribution >= 4 is 17.3 Å². The Hall–Kier alpha value is -1.53. The first-order valence-corrected chi connectivity index (χ1v) is 7.43. The van der Waals surface area contributed by atoms with Gasteiger partial charge in [0.25, 0.3) is 0 Å². The summed E-state index contributed by atoms with van der Waals surface area (Å²) in [5, 5.41) is 0. The summed E-state index contributed by atoms with van der Waals surface area (Å²) < 4.78 is 5.42. The Labute approximate surface area is 119 Å². The molecule has 6 heteroatoms. The third-order valence-corrected chi connectivity index (χ3v) is 4.00. The molecule has 0 radical (unpaired) electrons. The molecule has 2 saturated heterocycles. The van der Waals surface area contributed by atoms with Gasteiger partial charge in [-0.25, -0.2) is 10.8 Å². The van der Waals surface area contributed by atoms with E-state index >= 15 is 0 Å². The number of morpholine rings is 1. The summed E-state index contributed by atoms with van der Waals surface area (Å²) in [6.45, 7) is 5.59. The summed E-state index contributed by atoms with van der Waals surface area (Å²) in [4.78, 5) is 9.29. The number of rotatable bonds is 3. The van der Waals surface area contributed by atoms with Crippen LogP contribution in [0.3, 0.4) is 0 Å². The van der Waals surface area contributed by atoms with Gasteiger partial charge in [-0.1, -0.05) is 0 Å². The fourth-order valence-electron chi connectivity index (χ4n) is 2.87. The van der Waals surface area contributed by atoms with Crippen molar-refractivity contribution in [2.75, 3.05) is 54.6 Å². The molecule has 0 bridgehead atoms. The fourth-order valence-corrected chi connectivity index (χ4v) is 2.87. The zero-order valence-electron chi connectivity index (χ0n) is 11.8. The molecule has 3 heterocycles. The van der Waals surface area contributed by atoms with E-state index in [0.29, 0.717) is 0 Å². The molecule has 0 unspecified atom stereocenters. The van der Waals surface area contributed by atoms with Crippen LogP contribution in [0.15, 0.2) is 12.1 Å². The van der Waals surface area contributed by atoms with E-state index < -0.39 is 0 Å². The molecule has 20 heavy (non-hydrogen) atoms. The Morgan fingerprint density at radius 1 is 1.00 bits per heavy atom. The van der Waals surface area contributed by atoms with E-state index in [0.717, 1.165) is 51.0 Å². The second-order valence-corrected chi connectivity index (χ2v) is 5.36. The molecule has 2 fully saturated rings. The summed E-state index contributed by atoms with van der Waals surface area (Å²) in [5.41, 5.74) is 3.87. The van der Waals surface area contributed by atoms with Crippen molar-refractivity contribution in [2.45, 2.75) is 19.3 Å². The number of nitrogens with zero attached hydrogens (tertiary/aromatic N) is 3. The zero-order valence-corrected chi connectivity index (χ0v) is 11.8. The molecule has 0 aliphatic carbocycles. The number of anilines is 3. The van der Waals surface area contributed by atoms with Crippen molar-refractivity contribution in [3.63, 3.8) is 0 Å². The number of nitrogens with two attached hydrogens (primary N) is 1. The van der Waals surface area contributed by atoms with Gasteiger partial charge in [0, 0.05) is 44.0 Å². The normalized spacial score (nSPS) is 20.1. The van der Waals surface area contributed by atoms with E-state index in [1.807, 2.05) is 6.07 Å². The first-order chi connectivity index (χ1) is 9.86. The lowest BCUT2D eigenvalue weighted by molar-refractivity contribution is 0.122. The standard InChI is InChI=1S/C14H23N5O/c15-17-13-10-12(18-6-8-20-9-7-18)11-14(16-13)19-4-2-1-3-5-19/h10-11H,1-9,15H2,(H,16,17). The SMILES string of the molecule is NNc1cc(N2CCOCC2)cc(N2CCCCC2)n1. The number of aromatic nitrogens is 1. The lowest BCUT2D eigenvalue weighted by Crippen LogP contribution is -2.37. The van der Waals surface area contributed by atoms with Gasteiger partial charge in [-0.15, -0.1) is 0 Å². The highest BCUT2D eigenvalue weighted by atomic mass is 16.5. The van der Waals surface area contributed by atoms with Crippen molar-refractivity contribution in [1.29, 1.82) is 0 Å². The Balaban J connectivity index is 1.85. The van der Waals surface area contributed by atoms with Gasteiger partial charge in [0.15, 0.2) is 0 Å². The predicted molar refractivity (Wildman–Crippen MR) is 81.1 cm³/mol. The van der Waals surface area contributed by atoms with E-state index in [2.05, 4.69) is 26.3 Å². The minimum atomic E-state index is 0.731. The van der Waals surface area contributed by atoms with Gasteiger partial charge in [-0.3, -0.25) is 0 Å². The second kappa shape index (κ2) is 6.28. The largest absolute Gasteiger partial charge is 0.378 e. The summed E-state index contributed by atoms with van der Waals surface area (Å²) in [5.74, 6) is 7.33. The molecule has 2 aliphatic rings. The molecule has 6 nitrogen and oxygen atoms in total. The van der Waals surface area contributed by atoms with Crippen LogP contribution in [0.2, 0.25) is 0 Å². The topological polar surface area (TPSA) is 66.7 Å². The van der Waals surface area contributed by atoms with Crippen molar-refractivity contribution < 1.29 is 4.74 Å². The quantitative estimate of drug-likeness (QED) is 0.639. The monoisotopic (exact) mass is 277 g/mol. The number of ether oxygens (including phenoxy) is 1. The predicted octanol–water partition coefficient (Wildman–Crippen LogP) is 1.19. The third-order valence-electron chi connectivity index (χ3n) is 4.00. The number of hydrazine groups is 1. The lowest BCUT2D eigenvalue weighted by atomic mass is 10.1. The molecule has 0 amide bonds. The Morgan fingerprint density at radius 2 is 1.75 bits per heavy atom. The fraction of sp³-hybridized carbons (Fsp3) is 0.643. The molecule has 1 aromatic heterocycles. The third kappa shape index (κ3) is 2.96. The summed E-state index contributed by atoms with van der Waals surface area (Å²) in [6.07, 6.45) is 3.81. The molecule has 0 atom stereocenters. The summed E-state index contributed by atoms with van der Waals surface area (Å²) in [6, 6.07) is 4.19. The van der Waals surface area contributed by atoms with Gasteiger partial charge in [0.2, 0.25) is 0 Å². The van der Waals surface area contributed by atoms with Gasteiger partial charge in [0.05, 0.1) is 13.2 Å². The maximum atomic E-state index is 5.57. The summed E-state index contributed by atoms with van der Waals surface area (Å²) in [7, 11) is 0. The number of piperidine rings is 1. The first-order valence-electron chi connectivity index (χ1n) is 7.43. The highest BCUT2D eigenvalue weighted by molar-refractivity contribution is 5.62. The molecular formula is C14H23N5O. The molecule has 110 valence electrons. The smallest absolute Gasteiger partial charge is 0.144 e. The van der Waals surface area contributed by atoms with Crippen molar-refractivity contribution in [2.24, 2.45) is 5.84 Å². The molecular weight excluding hydrogens is 254 g/mol. The molecule has 3 N–H and O–H groups in total. The van der Waals surface area contributed by atoms with E-state index in [4.69, 9.17) is 10.6 Å². The van der Waals surface area contributed by atoms with Crippen LogP contribution in [0.5, 0.6) is 0 Å². The van der Waals surface area contributed by atoms with Crippen molar-refractivity contribution in [3.05, 3.63) is 12.1 Å². The summed E-state index contributed by atoms with van der Waals surface area (Å²) >= 11 is 0. The Bertz CT molecular complexity index is 405. The van der Waals surface area contributed by atoms with Crippen LogP contribution in [0.4, 0.5) is 17.3 Å². The molecule has 3 rings (SSSR count). The minimum Gasteiger partial charge on any atom is -0.378 e. The van der Waals surface area contributed by atoms with E-state index in [-0.39, 0.29) is 0 Å². The van der Waals surface area contributed by atoms with Crippen LogP contribution in [0.1, 0.15) is 19.3 Å². The number of nitrogens with one attached hydrogen (secondary N) is 1. The zero-order chi connectivity index (χ0) is 13.8. The average molecular weight is 277 g/mol. The van der Waals surface area contributed by atoms with Crippen LogP contribution in [-0.2, 0) is 4.74 Å². The Kier molecular flexibility index (Phi) is 4.22. The van der Waals surface area contributed by atoms with Crippen molar-refractivity contribution in [3.8, 4) is 0 Å². The highest BCUT2D eigenvalue weighted by Crippen LogP contribution is 2.26. The van der Waals surface area contributed by atoms with Gasteiger partial charge in [-0.2, -0.15) is 0 Å². The number of hydrogen-bond acceptors (Lipinski definition) is 6.